The van der Waals surface area contributed by atoms with E-state index in [9.17, 15) is 4.39 Å². The summed E-state index contributed by atoms with van der Waals surface area (Å²) in [5.74, 6) is 0.412. The Bertz CT molecular complexity index is 721. The molecule has 19 heavy (non-hydrogen) atoms. The maximum absolute atomic E-state index is 13.7. The molecule has 0 saturated heterocycles. The lowest BCUT2D eigenvalue weighted by molar-refractivity contribution is 0.477. The topological polar surface area (TPSA) is 25.2 Å². The van der Waals surface area contributed by atoms with Crippen LogP contribution in [-0.2, 0) is 0 Å². The van der Waals surface area contributed by atoms with Gasteiger partial charge in [-0.25, -0.2) is 4.39 Å². The van der Waals surface area contributed by atoms with E-state index in [1.165, 1.54) is 8.95 Å². The Morgan fingerprint density at radius 3 is 2.84 bits per heavy atom. The van der Waals surface area contributed by atoms with E-state index in [4.69, 9.17) is 4.42 Å². The minimum atomic E-state index is -0.321. The Labute approximate surface area is 127 Å². The van der Waals surface area contributed by atoms with Gasteiger partial charge in [0.05, 0.1) is 8.93 Å². The first kappa shape index (κ1) is 13.1. The first-order valence-electron chi connectivity index (χ1n) is 5.78. The zero-order valence-corrected chi connectivity index (χ0v) is 13.1. The Balaban J connectivity index is 2.09. The van der Waals surface area contributed by atoms with Gasteiger partial charge in [-0.15, -0.1) is 11.3 Å². The summed E-state index contributed by atoms with van der Waals surface area (Å²) < 4.78 is 20.6. The van der Waals surface area contributed by atoms with E-state index in [0.29, 0.717) is 5.58 Å². The predicted molar refractivity (Wildman–Crippen MR) is 84.1 cm³/mol. The molecule has 98 valence electrons. The fourth-order valence-corrected chi connectivity index (χ4v) is 3.54. The maximum atomic E-state index is 13.7. The molecular formula is C14H11FINOS. The standard InChI is InChI=1S/C14H11FINOS/c1-17-13(9-6-12(16)19-7-9)11-5-8-3-2-4-10(15)14(8)18-11/h2-7,13,17H,1H3. The van der Waals surface area contributed by atoms with Crippen LogP contribution in [0.15, 0.2) is 40.1 Å². The van der Waals surface area contributed by atoms with Crippen LogP contribution < -0.4 is 5.32 Å². The Morgan fingerprint density at radius 2 is 2.21 bits per heavy atom. The van der Waals surface area contributed by atoms with Crippen molar-refractivity contribution in [3.8, 4) is 0 Å². The van der Waals surface area contributed by atoms with Gasteiger partial charge in [0.15, 0.2) is 11.4 Å². The SMILES string of the molecule is CNC(c1csc(I)c1)c1cc2cccc(F)c2o1. The van der Waals surface area contributed by atoms with Crippen LogP contribution in [0.1, 0.15) is 17.4 Å². The molecule has 1 unspecified atom stereocenters. The molecule has 3 rings (SSSR count). The monoisotopic (exact) mass is 387 g/mol. The van der Waals surface area contributed by atoms with Gasteiger partial charge in [-0.2, -0.15) is 0 Å². The van der Waals surface area contributed by atoms with E-state index in [-0.39, 0.29) is 11.9 Å². The average molecular weight is 387 g/mol. The molecule has 0 saturated carbocycles. The summed E-state index contributed by atoms with van der Waals surface area (Å²) in [6, 6.07) is 8.91. The summed E-state index contributed by atoms with van der Waals surface area (Å²) in [7, 11) is 1.87. The first-order valence-corrected chi connectivity index (χ1v) is 7.74. The molecular weight excluding hydrogens is 376 g/mol. The molecule has 0 aliphatic rings. The number of benzene rings is 1. The summed E-state index contributed by atoms with van der Waals surface area (Å²) in [4.78, 5) is 0. The molecule has 1 atom stereocenters. The Hall–Kier alpha value is -0.920. The molecule has 5 heteroatoms. The number of furan rings is 1. The van der Waals surface area contributed by atoms with Crippen LogP contribution in [-0.4, -0.2) is 7.05 Å². The smallest absolute Gasteiger partial charge is 0.169 e. The highest BCUT2D eigenvalue weighted by Crippen LogP contribution is 2.31. The number of para-hydroxylation sites is 1. The third kappa shape index (κ3) is 2.42. The lowest BCUT2D eigenvalue weighted by Gasteiger charge is -2.11. The minimum absolute atomic E-state index is 0.0495. The zero-order chi connectivity index (χ0) is 13.4. The van der Waals surface area contributed by atoms with Gasteiger partial charge in [0, 0.05) is 5.39 Å². The van der Waals surface area contributed by atoms with Crippen molar-refractivity contribution in [2.24, 2.45) is 0 Å². The van der Waals surface area contributed by atoms with Crippen molar-refractivity contribution in [2.45, 2.75) is 6.04 Å². The van der Waals surface area contributed by atoms with Gasteiger partial charge >= 0.3 is 0 Å². The molecule has 1 aromatic carbocycles. The van der Waals surface area contributed by atoms with Crippen molar-refractivity contribution in [1.29, 1.82) is 0 Å². The summed E-state index contributed by atoms with van der Waals surface area (Å²) >= 11 is 3.97. The summed E-state index contributed by atoms with van der Waals surface area (Å²) in [5, 5.41) is 6.10. The third-order valence-corrected chi connectivity index (χ3v) is 4.82. The van der Waals surface area contributed by atoms with Crippen LogP contribution in [0.4, 0.5) is 4.39 Å². The number of thiophene rings is 1. The fraction of sp³-hybridized carbons (Fsp3) is 0.143. The van der Waals surface area contributed by atoms with E-state index in [1.54, 1.807) is 17.4 Å². The quantitative estimate of drug-likeness (QED) is 0.668. The highest BCUT2D eigenvalue weighted by Gasteiger charge is 2.19. The van der Waals surface area contributed by atoms with Gasteiger partial charge < -0.3 is 9.73 Å². The number of fused-ring (bicyclic) bond motifs is 1. The summed E-state index contributed by atoms with van der Waals surface area (Å²) in [6.45, 7) is 0. The van der Waals surface area contributed by atoms with E-state index >= 15 is 0 Å². The van der Waals surface area contributed by atoms with E-state index < -0.39 is 0 Å². The van der Waals surface area contributed by atoms with Crippen molar-refractivity contribution in [2.75, 3.05) is 7.05 Å². The molecule has 0 aliphatic heterocycles. The normalized spacial score (nSPS) is 13.0. The number of nitrogens with one attached hydrogen (secondary N) is 1. The molecule has 0 fully saturated rings. The van der Waals surface area contributed by atoms with Crippen molar-refractivity contribution >= 4 is 44.9 Å². The van der Waals surface area contributed by atoms with E-state index in [2.05, 4.69) is 39.4 Å². The molecule has 1 N–H and O–H groups in total. The highest BCUT2D eigenvalue weighted by molar-refractivity contribution is 14.1. The summed E-state index contributed by atoms with van der Waals surface area (Å²) in [6.07, 6.45) is 0. The molecule has 2 heterocycles. The lowest BCUT2D eigenvalue weighted by atomic mass is 10.1. The molecule has 3 aromatic rings. The molecule has 2 aromatic heterocycles. The molecule has 0 aliphatic carbocycles. The lowest BCUT2D eigenvalue weighted by Crippen LogP contribution is -2.16. The van der Waals surface area contributed by atoms with Gasteiger partial charge in [0.2, 0.25) is 0 Å². The van der Waals surface area contributed by atoms with E-state index in [0.717, 1.165) is 16.7 Å². The van der Waals surface area contributed by atoms with Crippen molar-refractivity contribution in [1.82, 2.24) is 5.32 Å². The third-order valence-electron chi connectivity index (χ3n) is 3.01. The average Bonchev–Trinajstić information content (AvgIpc) is 2.98. The number of hydrogen-bond donors (Lipinski definition) is 1. The first-order chi connectivity index (χ1) is 9.19. The molecule has 0 amide bonds. The highest BCUT2D eigenvalue weighted by atomic mass is 127. The maximum Gasteiger partial charge on any atom is 0.169 e. The second kappa shape index (κ2) is 5.22. The number of hydrogen-bond acceptors (Lipinski definition) is 3. The van der Waals surface area contributed by atoms with Gasteiger partial charge in [-0.1, -0.05) is 12.1 Å². The predicted octanol–water partition coefficient (Wildman–Crippen LogP) is 4.55. The molecule has 0 spiro atoms. The van der Waals surface area contributed by atoms with Crippen LogP contribution >= 0.6 is 33.9 Å². The van der Waals surface area contributed by atoms with Gasteiger partial charge in [0.1, 0.15) is 5.76 Å². The second-order valence-electron chi connectivity index (χ2n) is 4.21. The van der Waals surface area contributed by atoms with Crippen molar-refractivity contribution < 1.29 is 8.81 Å². The van der Waals surface area contributed by atoms with Crippen molar-refractivity contribution in [3.63, 3.8) is 0 Å². The van der Waals surface area contributed by atoms with Crippen LogP contribution in [0.3, 0.4) is 0 Å². The second-order valence-corrected chi connectivity index (χ2v) is 7.02. The molecule has 0 radical (unpaired) electrons. The van der Waals surface area contributed by atoms with Gasteiger partial charge in [-0.05, 0) is 58.8 Å². The zero-order valence-electron chi connectivity index (χ0n) is 10.1. The summed E-state index contributed by atoms with van der Waals surface area (Å²) in [5.41, 5.74) is 1.46. The van der Waals surface area contributed by atoms with Crippen LogP contribution in [0.2, 0.25) is 0 Å². The van der Waals surface area contributed by atoms with E-state index in [1.807, 2.05) is 19.2 Å². The fourth-order valence-electron chi connectivity index (χ4n) is 2.14. The largest absolute Gasteiger partial charge is 0.456 e. The number of halogens is 2. The molecule has 2 nitrogen and oxygen atoms in total. The number of rotatable bonds is 3. The van der Waals surface area contributed by atoms with Crippen molar-refractivity contribution in [3.05, 3.63) is 55.7 Å². The van der Waals surface area contributed by atoms with Crippen LogP contribution in [0, 0.1) is 8.70 Å². The van der Waals surface area contributed by atoms with Gasteiger partial charge in [-0.3, -0.25) is 0 Å². The van der Waals surface area contributed by atoms with Crippen LogP contribution in [0.5, 0.6) is 0 Å². The molecule has 0 bridgehead atoms. The Kier molecular flexibility index (Phi) is 3.60. The minimum Gasteiger partial charge on any atom is -0.456 e. The van der Waals surface area contributed by atoms with Gasteiger partial charge in [0.25, 0.3) is 0 Å². The Morgan fingerprint density at radius 1 is 1.37 bits per heavy atom. The van der Waals surface area contributed by atoms with Crippen LogP contribution in [0.25, 0.3) is 11.0 Å².